The summed E-state index contributed by atoms with van der Waals surface area (Å²) in [5.41, 5.74) is 0.236. The van der Waals surface area contributed by atoms with E-state index in [1.807, 2.05) is 17.5 Å². The van der Waals surface area contributed by atoms with Crippen molar-refractivity contribution in [3.05, 3.63) is 53.2 Å². The molecule has 0 aliphatic carbocycles. The number of hydrogen-bond donors (Lipinski definition) is 0. The number of aromatic nitrogens is 2. The van der Waals surface area contributed by atoms with Crippen LogP contribution in [0.15, 0.2) is 51.1 Å². The van der Waals surface area contributed by atoms with Crippen LogP contribution in [-0.4, -0.2) is 30.8 Å². The minimum Gasteiger partial charge on any atom is -0.452 e. The summed E-state index contributed by atoms with van der Waals surface area (Å²) >= 11 is 1.46. The highest BCUT2D eigenvalue weighted by molar-refractivity contribution is 7.90. The molecule has 24 heavy (non-hydrogen) atoms. The van der Waals surface area contributed by atoms with Gasteiger partial charge in [0.2, 0.25) is 0 Å². The molecule has 0 spiro atoms. The van der Waals surface area contributed by atoms with Crippen LogP contribution in [0.1, 0.15) is 16.2 Å². The fraction of sp³-hybridized carbons (Fsp3) is 0.133. The van der Waals surface area contributed by atoms with Crippen LogP contribution in [0, 0.1) is 0 Å². The summed E-state index contributed by atoms with van der Waals surface area (Å²) in [7, 11) is -3.30. The molecule has 0 atom stereocenters. The van der Waals surface area contributed by atoms with Crippen molar-refractivity contribution in [2.75, 3.05) is 6.26 Å². The predicted molar refractivity (Wildman–Crippen MR) is 86.3 cm³/mol. The van der Waals surface area contributed by atoms with E-state index in [-0.39, 0.29) is 23.0 Å². The molecule has 124 valence electrons. The monoisotopic (exact) mass is 364 g/mol. The molecule has 0 unspecified atom stereocenters. The number of sulfone groups is 1. The predicted octanol–water partition coefficient (Wildman–Crippen LogP) is 2.56. The molecule has 0 saturated heterocycles. The summed E-state index contributed by atoms with van der Waals surface area (Å²) in [6, 6.07) is 9.20. The van der Waals surface area contributed by atoms with Gasteiger partial charge in [0.05, 0.1) is 15.3 Å². The molecule has 0 aliphatic heterocycles. The number of rotatable bonds is 5. The number of benzene rings is 1. The Morgan fingerprint density at radius 1 is 1.21 bits per heavy atom. The van der Waals surface area contributed by atoms with Gasteiger partial charge in [0.1, 0.15) is 0 Å². The highest BCUT2D eigenvalue weighted by Gasteiger charge is 2.14. The van der Waals surface area contributed by atoms with E-state index in [0.717, 1.165) is 11.1 Å². The van der Waals surface area contributed by atoms with Crippen LogP contribution < -0.4 is 0 Å². The van der Waals surface area contributed by atoms with Crippen molar-refractivity contribution in [1.29, 1.82) is 0 Å². The Balaban J connectivity index is 1.63. The third-order valence-corrected chi connectivity index (χ3v) is 5.03. The fourth-order valence-corrected chi connectivity index (χ4v) is 3.14. The molecule has 3 aromatic rings. The first kappa shape index (κ1) is 16.3. The van der Waals surface area contributed by atoms with Crippen LogP contribution in [0.25, 0.3) is 10.8 Å². The van der Waals surface area contributed by atoms with Gasteiger partial charge in [-0.3, -0.25) is 0 Å². The Morgan fingerprint density at radius 3 is 2.58 bits per heavy atom. The molecule has 0 N–H and O–H groups in total. The van der Waals surface area contributed by atoms with E-state index in [0.29, 0.717) is 5.89 Å². The van der Waals surface area contributed by atoms with E-state index in [4.69, 9.17) is 9.15 Å². The molecule has 3 rings (SSSR count). The van der Waals surface area contributed by atoms with E-state index in [2.05, 4.69) is 10.2 Å². The van der Waals surface area contributed by atoms with E-state index in [1.54, 1.807) is 0 Å². The molecule has 1 aromatic carbocycles. The number of esters is 1. The number of hydrogen-bond acceptors (Lipinski definition) is 8. The lowest BCUT2D eigenvalue weighted by Crippen LogP contribution is -2.06. The normalized spacial score (nSPS) is 11.4. The maximum Gasteiger partial charge on any atom is 0.338 e. The van der Waals surface area contributed by atoms with Gasteiger partial charge in [0, 0.05) is 6.26 Å². The Bertz CT molecular complexity index is 944. The zero-order valence-corrected chi connectivity index (χ0v) is 14.1. The fourth-order valence-electron chi connectivity index (χ4n) is 1.86. The van der Waals surface area contributed by atoms with Gasteiger partial charge < -0.3 is 9.15 Å². The second-order valence-electron chi connectivity index (χ2n) is 4.85. The quantitative estimate of drug-likeness (QED) is 0.641. The van der Waals surface area contributed by atoms with Gasteiger partial charge in [-0.05, 0) is 35.7 Å². The first-order valence-electron chi connectivity index (χ1n) is 6.77. The molecule has 2 heterocycles. The molecule has 0 radical (unpaired) electrons. The van der Waals surface area contributed by atoms with E-state index < -0.39 is 15.8 Å². The molecule has 2 aromatic heterocycles. The third kappa shape index (κ3) is 3.69. The van der Waals surface area contributed by atoms with Crippen LogP contribution >= 0.6 is 11.3 Å². The Hall–Kier alpha value is -2.52. The summed E-state index contributed by atoms with van der Waals surface area (Å²) in [5.74, 6) is -0.0565. The molecular formula is C15H12N2O5S2. The summed E-state index contributed by atoms with van der Waals surface area (Å²) in [4.78, 5) is 12.9. The van der Waals surface area contributed by atoms with Gasteiger partial charge >= 0.3 is 5.97 Å². The first-order chi connectivity index (χ1) is 11.4. The average Bonchev–Trinajstić information content (AvgIpc) is 3.23. The number of nitrogens with zero attached hydrogens (tertiary/aromatic N) is 2. The van der Waals surface area contributed by atoms with E-state index in [9.17, 15) is 13.2 Å². The summed E-state index contributed by atoms with van der Waals surface area (Å²) in [6.45, 7) is -0.162. The van der Waals surface area contributed by atoms with Crippen molar-refractivity contribution in [3.8, 4) is 10.8 Å². The zero-order chi connectivity index (χ0) is 17.2. The standard InChI is InChI=1S/C15H12N2O5S2/c1-24(19,20)11-6-4-10(5-7-11)15(18)21-9-13-16-17-14(22-13)12-3-2-8-23-12/h2-8H,9H2,1H3. The van der Waals surface area contributed by atoms with Crippen LogP contribution in [0.4, 0.5) is 0 Å². The molecule has 0 bridgehead atoms. The van der Waals surface area contributed by atoms with Crippen molar-refractivity contribution >= 4 is 27.1 Å². The van der Waals surface area contributed by atoms with E-state index in [1.165, 1.54) is 35.6 Å². The van der Waals surface area contributed by atoms with Crippen molar-refractivity contribution < 1.29 is 22.4 Å². The van der Waals surface area contributed by atoms with Gasteiger partial charge in [-0.2, -0.15) is 0 Å². The maximum atomic E-state index is 12.0. The van der Waals surface area contributed by atoms with Crippen molar-refractivity contribution in [1.82, 2.24) is 10.2 Å². The molecule has 0 saturated carbocycles. The van der Waals surface area contributed by atoms with Crippen LogP contribution in [0.5, 0.6) is 0 Å². The van der Waals surface area contributed by atoms with Gasteiger partial charge in [0.25, 0.3) is 11.8 Å². The van der Waals surface area contributed by atoms with Crippen LogP contribution in [0.2, 0.25) is 0 Å². The highest BCUT2D eigenvalue weighted by Crippen LogP contribution is 2.23. The topological polar surface area (TPSA) is 99.4 Å². The minimum atomic E-state index is -3.30. The Labute approximate surface area is 141 Å². The lowest BCUT2D eigenvalue weighted by molar-refractivity contribution is 0.0438. The SMILES string of the molecule is CS(=O)(=O)c1ccc(C(=O)OCc2nnc(-c3cccs3)o2)cc1. The molecule has 0 aliphatic rings. The molecule has 0 fully saturated rings. The lowest BCUT2D eigenvalue weighted by atomic mass is 10.2. The van der Waals surface area contributed by atoms with Gasteiger partial charge in [-0.15, -0.1) is 21.5 Å². The van der Waals surface area contributed by atoms with Crippen LogP contribution in [0.3, 0.4) is 0 Å². The summed E-state index contributed by atoms with van der Waals surface area (Å²) in [6.07, 6.45) is 1.10. The maximum absolute atomic E-state index is 12.0. The van der Waals surface area contributed by atoms with Gasteiger partial charge in [0.15, 0.2) is 16.4 Å². The largest absolute Gasteiger partial charge is 0.452 e. The Morgan fingerprint density at radius 2 is 1.96 bits per heavy atom. The second-order valence-corrected chi connectivity index (χ2v) is 7.81. The summed E-state index contributed by atoms with van der Waals surface area (Å²) < 4.78 is 33.3. The zero-order valence-electron chi connectivity index (χ0n) is 12.5. The number of carbonyl (C=O) groups is 1. The molecule has 9 heteroatoms. The number of carbonyl (C=O) groups excluding carboxylic acids is 1. The smallest absolute Gasteiger partial charge is 0.338 e. The van der Waals surface area contributed by atoms with Crippen molar-refractivity contribution in [2.45, 2.75) is 11.5 Å². The van der Waals surface area contributed by atoms with Crippen LogP contribution in [-0.2, 0) is 21.2 Å². The van der Waals surface area contributed by atoms with Gasteiger partial charge in [-0.25, -0.2) is 13.2 Å². The van der Waals surface area contributed by atoms with E-state index >= 15 is 0 Å². The number of ether oxygens (including phenoxy) is 1. The minimum absolute atomic E-state index is 0.136. The van der Waals surface area contributed by atoms with Crippen molar-refractivity contribution in [2.24, 2.45) is 0 Å². The Kier molecular flexibility index (Phi) is 4.45. The third-order valence-electron chi connectivity index (χ3n) is 3.04. The second kappa shape index (κ2) is 6.54. The van der Waals surface area contributed by atoms with Gasteiger partial charge in [-0.1, -0.05) is 6.07 Å². The summed E-state index contributed by atoms with van der Waals surface area (Å²) in [5, 5.41) is 9.59. The average molecular weight is 364 g/mol. The van der Waals surface area contributed by atoms with Crippen molar-refractivity contribution in [3.63, 3.8) is 0 Å². The number of thiophene rings is 1. The highest BCUT2D eigenvalue weighted by atomic mass is 32.2. The molecule has 7 nitrogen and oxygen atoms in total. The first-order valence-corrected chi connectivity index (χ1v) is 9.54. The molecular weight excluding hydrogens is 352 g/mol. The molecule has 0 amide bonds. The lowest BCUT2D eigenvalue weighted by Gasteiger charge is -2.03.